The molecule has 6 heteroatoms. The third-order valence-corrected chi connectivity index (χ3v) is 4.25. The molecule has 0 aromatic heterocycles. The number of hydrogen-bond donors (Lipinski definition) is 2. The monoisotopic (exact) mass is 250 g/mol. The van der Waals surface area contributed by atoms with E-state index in [2.05, 4.69) is 5.32 Å². The van der Waals surface area contributed by atoms with Gasteiger partial charge in [-0.2, -0.15) is 13.2 Å². The maximum atomic E-state index is 12.8. The lowest BCUT2D eigenvalue weighted by Gasteiger charge is -2.41. The van der Waals surface area contributed by atoms with Gasteiger partial charge in [0.1, 0.15) is 0 Å². The van der Waals surface area contributed by atoms with Gasteiger partial charge in [-0.05, 0) is 24.7 Å². The summed E-state index contributed by atoms with van der Waals surface area (Å²) in [6.45, 7) is 0.896. The van der Waals surface area contributed by atoms with Crippen LogP contribution in [-0.2, 0) is 4.79 Å². The van der Waals surface area contributed by atoms with Crippen LogP contribution in [0.15, 0.2) is 0 Å². The molecule has 3 atom stereocenters. The van der Waals surface area contributed by atoms with E-state index in [4.69, 9.17) is 5.73 Å². The van der Waals surface area contributed by atoms with Crippen LogP contribution < -0.4 is 11.1 Å². The summed E-state index contributed by atoms with van der Waals surface area (Å²) in [7, 11) is 0. The minimum absolute atomic E-state index is 0.0388. The molecule has 2 aliphatic rings. The second kappa shape index (κ2) is 4.15. The van der Waals surface area contributed by atoms with Gasteiger partial charge in [-0.15, -0.1) is 0 Å². The van der Waals surface area contributed by atoms with Gasteiger partial charge in [0.25, 0.3) is 0 Å². The average molecular weight is 250 g/mol. The molecule has 1 aliphatic carbocycles. The topological polar surface area (TPSA) is 55.1 Å². The van der Waals surface area contributed by atoms with Gasteiger partial charge in [0.05, 0.1) is 11.8 Å². The van der Waals surface area contributed by atoms with Crippen molar-refractivity contribution in [2.45, 2.75) is 31.9 Å². The van der Waals surface area contributed by atoms with E-state index in [0.717, 1.165) is 0 Å². The molecule has 3 N–H and O–H groups in total. The van der Waals surface area contributed by atoms with E-state index in [1.54, 1.807) is 0 Å². The molecule has 1 saturated heterocycles. The van der Waals surface area contributed by atoms with Crippen molar-refractivity contribution in [1.29, 1.82) is 0 Å². The molecule has 1 saturated carbocycles. The molecule has 0 aromatic rings. The van der Waals surface area contributed by atoms with Crippen LogP contribution in [0.25, 0.3) is 0 Å². The molecule has 1 heterocycles. The van der Waals surface area contributed by atoms with Crippen molar-refractivity contribution in [3.8, 4) is 0 Å². The number of halogens is 3. The highest BCUT2D eigenvalue weighted by molar-refractivity contribution is 5.78. The minimum Gasteiger partial charge on any atom is -0.369 e. The molecule has 3 unspecified atom stereocenters. The molecule has 0 radical (unpaired) electrons. The summed E-state index contributed by atoms with van der Waals surface area (Å²) in [5.74, 6) is -2.21. The van der Waals surface area contributed by atoms with E-state index in [1.807, 2.05) is 0 Å². The maximum Gasteiger partial charge on any atom is 0.391 e. The van der Waals surface area contributed by atoms with E-state index in [0.29, 0.717) is 25.9 Å². The lowest BCUT2D eigenvalue weighted by molar-refractivity contribution is -0.193. The van der Waals surface area contributed by atoms with E-state index in [9.17, 15) is 18.0 Å². The van der Waals surface area contributed by atoms with Gasteiger partial charge in [0.2, 0.25) is 5.91 Å². The van der Waals surface area contributed by atoms with Crippen LogP contribution >= 0.6 is 0 Å². The van der Waals surface area contributed by atoms with Gasteiger partial charge in [-0.3, -0.25) is 4.79 Å². The standard InChI is InChI=1S/C11H17F3N2O/c12-11(13,14)7-2-1-3-10(4-7)6-16-5-8(10)9(15)17/h7-8,16H,1-6H2,(H2,15,17). The minimum atomic E-state index is -4.15. The third kappa shape index (κ3) is 2.27. The summed E-state index contributed by atoms with van der Waals surface area (Å²) in [4.78, 5) is 11.3. The van der Waals surface area contributed by atoms with Crippen LogP contribution in [0.1, 0.15) is 25.7 Å². The Balaban J connectivity index is 2.17. The van der Waals surface area contributed by atoms with E-state index in [1.165, 1.54) is 0 Å². The lowest BCUT2D eigenvalue weighted by atomic mass is 9.64. The van der Waals surface area contributed by atoms with E-state index >= 15 is 0 Å². The highest BCUT2D eigenvalue weighted by Crippen LogP contribution is 2.50. The van der Waals surface area contributed by atoms with Crippen LogP contribution in [0.4, 0.5) is 13.2 Å². The molecular weight excluding hydrogens is 233 g/mol. The largest absolute Gasteiger partial charge is 0.391 e. The normalized spacial score (nSPS) is 38.5. The van der Waals surface area contributed by atoms with Crippen LogP contribution in [0.3, 0.4) is 0 Å². The Morgan fingerprint density at radius 3 is 2.71 bits per heavy atom. The Bertz CT molecular complexity index is 318. The Labute approximate surface area is 97.9 Å². The first-order valence-corrected chi connectivity index (χ1v) is 5.92. The molecule has 1 spiro atoms. The Morgan fingerprint density at radius 2 is 2.12 bits per heavy atom. The lowest BCUT2D eigenvalue weighted by Crippen LogP contribution is -2.44. The number of hydrogen-bond acceptors (Lipinski definition) is 2. The van der Waals surface area contributed by atoms with E-state index in [-0.39, 0.29) is 12.8 Å². The number of nitrogens with one attached hydrogen (secondary N) is 1. The van der Waals surface area contributed by atoms with Crippen molar-refractivity contribution in [2.75, 3.05) is 13.1 Å². The van der Waals surface area contributed by atoms with Gasteiger partial charge in [0.15, 0.2) is 0 Å². The van der Waals surface area contributed by atoms with Gasteiger partial charge in [0, 0.05) is 13.1 Å². The van der Waals surface area contributed by atoms with Crippen molar-refractivity contribution in [2.24, 2.45) is 23.0 Å². The van der Waals surface area contributed by atoms with Crippen molar-refractivity contribution < 1.29 is 18.0 Å². The summed E-state index contributed by atoms with van der Waals surface area (Å²) in [6.07, 6.45) is -2.75. The smallest absolute Gasteiger partial charge is 0.369 e. The Hall–Kier alpha value is -0.780. The molecule has 0 aromatic carbocycles. The number of rotatable bonds is 1. The highest BCUT2D eigenvalue weighted by atomic mass is 19.4. The number of carbonyl (C=O) groups is 1. The second-order valence-electron chi connectivity index (χ2n) is 5.28. The summed E-state index contributed by atoms with van der Waals surface area (Å²) in [5, 5.41) is 3.02. The number of carbonyl (C=O) groups excluding carboxylic acids is 1. The predicted molar refractivity (Wildman–Crippen MR) is 56.0 cm³/mol. The molecule has 98 valence electrons. The maximum absolute atomic E-state index is 12.8. The zero-order valence-corrected chi connectivity index (χ0v) is 9.52. The number of amides is 1. The second-order valence-corrected chi connectivity index (χ2v) is 5.28. The molecular formula is C11H17F3N2O. The molecule has 0 bridgehead atoms. The molecule has 3 nitrogen and oxygen atoms in total. The van der Waals surface area contributed by atoms with Crippen LogP contribution in [-0.4, -0.2) is 25.2 Å². The first-order chi connectivity index (χ1) is 7.85. The number of alkyl halides is 3. The van der Waals surface area contributed by atoms with E-state index < -0.39 is 29.3 Å². The highest BCUT2D eigenvalue weighted by Gasteiger charge is 2.53. The van der Waals surface area contributed by atoms with Gasteiger partial charge in [-0.1, -0.05) is 6.42 Å². The SMILES string of the molecule is NC(=O)C1CNCC12CCCC(C(F)(F)F)C2. The zero-order valence-electron chi connectivity index (χ0n) is 9.52. The van der Waals surface area contributed by atoms with Crippen LogP contribution in [0, 0.1) is 17.3 Å². The Kier molecular flexibility index (Phi) is 3.10. The molecule has 1 amide bonds. The molecule has 17 heavy (non-hydrogen) atoms. The predicted octanol–water partition coefficient (Wildman–Crippen LogP) is 1.43. The quantitative estimate of drug-likeness (QED) is 0.739. The first kappa shape index (κ1) is 12.7. The fraction of sp³-hybridized carbons (Fsp3) is 0.909. The zero-order chi connectivity index (χ0) is 12.7. The van der Waals surface area contributed by atoms with Crippen molar-refractivity contribution in [3.63, 3.8) is 0 Å². The molecule has 2 rings (SSSR count). The van der Waals surface area contributed by atoms with Crippen LogP contribution in [0.5, 0.6) is 0 Å². The average Bonchev–Trinajstić information content (AvgIpc) is 2.60. The fourth-order valence-electron chi connectivity index (χ4n) is 3.36. The molecule has 2 fully saturated rings. The third-order valence-electron chi connectivity index (χ3n) is 4.25. The molecule has 1 aliphatic heterocycles. The fourth-order valence-corrected chi connectivity index (χ4v) is 3.36. The summed E-state index contributed by atoms with van der Waals surface area (Å²) in [5.41, 5.74) is 4.73. The van der Waals surface area contributed by atoms with Gasteiger partial charge in [-0.25, -0.2) is 0 Å². The Morgan fingerprint density at radius 1 is 1.41 bits per heavy atom. The van der Waals surface area contributed by atoms with Crippen molar-refractivity contribution in [3.05, 3.63) is 0 Å². The van der Waals surface area contributed by atoms with Crippen LogP contribution in [0.2, 0.25) is 0 Å². The van der Waals surface area contributed by atoms with Crippen molar-refractivity contribution in [1.82, 2.24) is 5.32 Å². The summed E-state index contributed by atoms with van der Waals surface area (Å²) >= 11 is 0. The van der Waals surface area contributed by atoms with Gasteiger partial charge >= 0.3 is 6.18 Å². The summed E-state index contributed by atoms with van der Waals surface area (Å²) < 4.78 is 38.3. The number of nitrogens with two attached hydrogens (primary N) is 1. The number of primary amides is 1. The van der Waals surface area contributed by atoms with Gasteiger partial charge < -0.3 is 11.1 Å². The summed E-state index contributed by atoms with van der Waals surface area (Å²) in [6, 6.07) is 0. The first-order valence-electron chi connectivity index (χ1n) is 5.92. The van der Waals surface area contributed by atoms with Crippen molar-refractivity contribution >= 4 is 5.91 Å².